The summed E-state index contributed by atoms with van der Waals surface area (Å²) in [5.74, 6) is -0.711. The van der Waals surface area contributed by atoms with E-state index in [1.807, 2.05) is 0 Å². The second kappa shape index (κ2) is 3.79. The topological polar surface area (TPSA) is 42.4 Å². The van der Waals surface area contributed by atoms with E-state index in [2.05, 4.69) is 9.72 Å². The van der Waals surface area contributed by atoms with Crippen LogP contribution in [0, 0.1) is 10.6 Å². The Balaban J connectivity index is 3.02. The smallest absolute Gasteiger partial charge is 0.505 e. The molecule has 0 atom stereocenters. The van der Waals surface area contributed by atoms with Gasteiger partial charge in [-0.2, -0.15) is 0 Å². The highest BCUT2D eigenvalue weighted by Crippen LogP contribution is 2.28. The zero-order valence-electron chi connectivity index (χ0n) is 6.89. The predicted octanol–water partition coefficient (Wildman–Crippen LogP) is 2.60. The van der Waals surface area contributed by atoms with E-state index >= 15 is 0 Å². The van der Waals surface area contributed by atoms with Crippen molar-refractivity contribution in [2.45, 2.75) is 13.3 Å². The number of rotatable bonds is 1. The number of hydrogen-bond donors (Lipinski definition) is 1. The molecule has 7 heteroatoms. The molecule has 0 spiro atoms. The first-order valence-corrected chi connectivity index (χ1v) is 4.49. The van der Waals surface area contributed by atoms with Crippen molar-refractivity contribution in [2.24, 2.45) is 0 Å². The summed E-state index contributed by atoms with van der Waals surface area (Å²) >= 11 is 1.62. The fourth-order valence-corrected chi connectivity index (χ4v) is 1.43. The van der Waals surface area contributed by atoms with Crippen LogP contribution in [-0.2, 0) is 0 Å². The van der Waals surface area contributed by atoms with Gasteiger partial charge in [0, 0.05) is 6.07 Å². The molecule has 1 heterocycles. The van der Waals surface area contributed by atoms with E-state index in [1.165, 1.54) is 6.92 Å². The van der Waals surface area contributed by atoms with Crippen LogP contribution in [0.1, 0.15) is 5.56 Å². The van der Waals surface area contributed by atoms with E-state index in [-0.39, 0.29) is 15.0 Å². The quantitative estimate of drug-likeness (QED) is 0.639. The molecule has 0 aromatic carbocycles. The minimum Gasteiger partial charge on any atom is -0.505 e. The van der Waals surface area contributed by atoms with E-state index in [1.54, 1.807) is 22.6 Å². The van der Waals surface area contributed by atoms with Gasteiger partial charge in [-0.05, 0) is 35.1 Å². The lowest BCUT2D eigenvalue weighted by molar-refractivity contribution is -0.276. The molecule has 0 saturated carbocycles. The van der Waals surface area contributed by atoms with Crippen molar-refractivity contribution in [3.05, 3.63) is 15.3 Å². The van der Waals surface area contributed by atoms with Crippen LogP contribution < -0.4 is 4.74 Å². The summed E-state index contributed by atoms with van der Waals surface area (Å²) in [6.07, 6.45) is -4.76. The Labute approximate surface area is 91.0 Å². The number of alkyl halides is 3. The lowest BCUT2D eigenvalue weighted by atomic mass is 10.3. The van der Waals surface area contributed by atoms with Crippen LogP contribution in [0.5, 0.6) is 11.6 Å². The molecule has 14 heavy (non-hydrogen) atoms. The van der Waals surface area contributed by atoms with Crippen molar-refractivity contribution in [3.8, 4) is 11.6 Å². The van der Waals surface area contributed by atoms with Crippen molar-refractivity contribution < 1.29 is 23.0 Å². The normalized spacial score (nSPS) is 11.5. The molecule has 0 aliphatic carbocycles. The zero-order valence-corrected chi connectivity index (χ0v) is 9.05. The van der Waals surface area contributed by atoms with Crippen molar-refractivity contribution in [1.82, 2.24) is 4.98 Å². The molecule has 0 radical (unpaired) electrons. The summed E-state index contributed by atoms with van der Waals surface area (Å²) < 4.78 is 39.0. The van der Waals surface area contributed by atoms with E-state index in [9.17, 15) is 18.3 Å². The monoisotopic (exact) mass is 319 g/mol. The maximum Gasteiger partial charge on any atom is 0.574 e. The van der Waals surface area contributed by atoms with Gasteiger partial charge >= 0.3 is 6.36 Å². The van der Waals surface area contributed by atoms with Gasteiger partial charge in [-0.1, -0.05) is 0 Å². The Morgan fingerprint density at radius 2 is 2.07 bits per heavy atom. The lowest BCUT2D eigenvalue weighted by Crippen LogP contribution is -2.18. The van der Waals surface area contributed by atoms with Crippen LogP contribution in [0.15, 0.2) is 6.07 Å². The Bertz CT molecular complexity index is 330. The summed E-state index contributed by atoms with van der Waals surface area (Å²) in [5, 5.41) is 9.22. The second-order valence-electron chi connectivity index (χ2n) is 2.46. The Kier molecular flexibility index (Phi) is 3.07. The number of aromatic hydroxyl groups is 1. The van der Waals surface area contributed by atoms with Gasteiger partial charge in [0.25, 0.3) is 0 Å². The highest BCUT2D eigenvalue weighted by molar-refractivity contribution is 14.1. The third-order valence-corrected chi connectivity index (χ3v) is 2.09. The zero-order chi connectivity index (χ0) is 10.9. The van der Waals surface area contributed by atoms with Crippen LogP contribution in [0.25, 0.3) is 0 Å². The summed E-state index contributed by atoms with van der Waals surface area (Å²) in [7, 11) is 0. The molecule has 0 unspecified atom stereocenters. The average molecular weight is 319 g/mol. The van der Waals surface area contributed by atoms with Crippen LogP contribution in [0.4, 0.5) is 13.2 Å². The fourth-order valence-electron chi connectivity index (χ4n) is 0.769. The summed E-state index contributed by atoms with van der Waals surface area (Å²) in [6, 6.07) is 1.02. The van der Waals surface area contributed by atoms with Crippen LogP contribution in [-0.4, -0.2) is 16.5 Å². The molecule has 0 aliphatic heterocycles. The first-order valence-electron chi connectivity index (χ1n) is 3.41. The highest BCUT2D eigenvalue weighted by Gasteiger charge is 2.32. The number of aromatic nitrogens is 1. The van der Waals surface area contributed by atoms with Gasteiger partial charge in [0.05, 0.1) is 0 Å². The number of ether oxygens (including phenoxy) is 1. The van der Waals surface area contributed by atoms with Crippen molar-refractivity contribution >= 4 is 22.6 Å². The minimum absolute atomic E-state index is 0.0712. The molecule has 1 rings (SSSR count). The standard InChI is InChI=1S/C7H5F3INO2/c1-3-2-4(14-7(8,9)10)12-6(11)5(3)13/h2,13H,1H3. The van der Waals surface area contributed by atoms with Crippen LogP contribution in [0.3, 0.4) is 0 Å². The molecule has 0 fully saturated rings. The van der Waals surface area contributed by atoms with Crippen molar-refractivity contribution in [1.29, 1.82) is 0 Å². The highest BCUT2D eigenvalue weighted by atomic mass is 127. The minimum atomic E-state index is -4.76. The van der Waals surface area contributed by atoms with Crippen molar-refractivity contribution in [2.75, 3.05) is 0 Å². The van der Waals surface area contributed by atoms with Gasteiger partial charge in [-0.3, -0.25) is 0 Å². The molecule has 0 aliphatic rings. The van der Waals surface area contributed by atoms with Gasteiger partial charge in [0.2, 0.25) is 5.88 Å². The molecule has 1 aromatic rings. The Morgan fingerprint density at radius 3 is 2.50 bits per heavy atom. The number of hydrogen-bond acceptors (Lipinski definition) is 3. The van der Waals surface area contributed by atoms with Gasteiger partial charge < -0.3 is 9.84 Å². The molecule has 1 N–H and O–H groups in total. The van der Waals surface area contributed by atoms with Gasteiger partial charge in [0.1, 0.15) is 3.70 Å². The number of halogens is 4. The summed E-state index contributed by atoms with van der Waals surface area (Å²) in [4.78, 5) is 3.41. The SMILES string of the molecule is Cc1cc(OC(F)(F)F)nc(I)c1O. The maximum atomic E-state index is 11.8. The molecular weight excluding hydrogens is 314 g/mol. The number of nitrogens with zero attached hydrogens (tertiary/aromatic N) is 1. The van der Waals surface area contributed by atoms with Crippen molar-refractivity contribution in [3.63, 3.8) is 0 Å². The molecule has 0 amide bonds. The maximum absolute atomic E-state index is 11.8. The number of pyridine rings is 1. The first kappa shape index (κ1) is 11.3. The van der Waals surface area contributed by atoms with Gasteiger partial charge in [0.15, 0.2) is 5.75 Å². The second-order valence-corrected chi connectivity index (χ2v) is 3.49. The number of aryl methyl sites for hydroxylation is 1. The largest absolute Gasteiger partial charge is 0.574 e. The van der Waals surface area contributed by atoms with Gasteiger partial charge in [-0.25, -0.2) is 4.98 Å². The van der Waals surface area contributed by atoms with Crippen LogP contribution in [0.2, 0.25) is 0 Å². The third kappa shape index (κ3) is 2.89. The predicted molar refractivity (Wildman–Crippen MR) is 50.0 cm³/mol. The molecular formula is C7H5F3INO2. The summed E-state index contributed by atoms with van der Waals surface area (Å²) in [5.41, 5.74) is 0.281. The van der Waals surface area contributed by atoms with E-state index < -0.39 is 12.2 Å². The third-order valence-electron chi connectivity index (χ3n) is 1.34. The van der Waals surface area contributed by atoms with Gasteiger partial charge in [-0.15, -0.1) is 13.2 Å². The van der Waals surface area contributed by atoms with Crippen LogP contribution >= 0.6 is 22.6 Å². The lowest BCUT2D eigenvalue weighted by Gasteiger charge is -2.09. The average Bonchev–Trinajstić information content (AvgIpc) is 1.96. The fraction of sp³-hybridized carbons (Fsp3) is 0.286. The molecule has 1 aromatic heterocycles. The molecule has 78 valence electrons. The van der Waals surface area contributed by atoms with E-state index in [0.29, 0.717) is 0 Å². The summed E-state index contributed by atoms with van der Waals surface area (Å²) in [6.45, 7) is 1.46. The Morgan fingerprint density at radius 1 is 1.50 bits per heavy atom. The molecule has 0 bridgehead atoms. The molecule has 3 nitrogen and oxygen atoms in total. The van der Waals surface area contributed by atoms with E-state index in [4.69, 9.17) is 0 Å². The Hall–Kier alpha value is -0.730. The van der Waals surface area contributed by atoms with E-state index in [0.717, 1.165) is 6.07 Å². The first-order chi connectivity index (χ1) is 6.29. The molecule has 0 saturated heterocycles.